The molecule has 0 atom stereocenters. The number of methoxy groups -OCH3 is 1. The van der Waals surface area contributed by atoms with E-state index in [1.54, 1.807) is 19.4 Å². The Morgan fingerprint density at radius 2 is 2.09 bits per heavy atom. The number of unbranched alkanes of at least 4 members (excludes halogenated alkanes) is 1. The molecule has 0 aliphatic rings. The summed E-state index contributed by atoms with van der Waals surface area (Å²) in [6, 6.07) is 5.35. The van der Waals surface area contributed by atoms with Crippen LogP contribution in [0, 0.1) is 0 Å². The maximum Gasteiger partial charge on any atom is 0.256 e. The fraction of sp³-hybridized carbons (Fsp3) is 0.412. The molecule has 2 rings (SSSR count). The van der Waals surface area contributed by atoms with Crippen molar-refractivity contribution in [1.82, 2.24) is 9.88 Å². The molecule has 0 spiro atoms. The minimum atomic E-state index is -0.314. The normalized spacial score (nSPS) is 10.7. The molecule has 0 aliphatic carbocycles. The molecule has 0 fully saturated rings. The van der Waals surface area contributed by atoms with Gasteiger partial charge in [0, 0.05) is 19.3 Å². The van der Waals surface area contributed by atoms with Crippen LogP contribution in [-0.2, 0) is 6.54 Å². The van der Waals surface area contributed by atoms with Gasteiger partial charge in [-0.25, -0.2) is 0 Å². The topological polar surface area (TPSA) is 60.3 Å². The van der Waals surface area contributed by atoms with Gasteiger partial charge >= 0.3 is 0 Å². The van der Waals surface area contributed by atoms with Crippen molar-refractivity contribution in [2.24, 2.45) is 0 Å². The lowest BCUT2D eigenvalue weighted by Gasteiger charge is -2.12. The van der Waals surface area contributed by atoms with Crippen LogP contribution < -0.4 is 15.5 Å². The van der Waals surface area contributed by atoms with Gasteiger partial charge in [0.05, 0.1) is 18.0 Å². The zero-order valence-electron chi connectivity index (χ0n) is 13.3. The van der Waals surface area contributed by atoms with E-state index in [0.717, 1.165) is 18.4 Å². The fourth-order valence-corrected chi connectivity index (χ4v) is 2.40. The summed E-state index contributed by atoms with van der Waals surface area (Å²) in [5.41, 5.74) is 0.727. The van der Waals surface area contributed by atoms with E-state index < -0.39 is 0 Å². The molecule has 0 saturated heterocycles. The van der Waals surface area contributed by atoms with Gasteiger partial charge in [0.1, 0.15) is 11.3 Å². The predicted octanol–water partition coefficient (Wildman–Crippen LogP) is 2.56. The number of carbonyl (C=O) groups excluding carboxylic acids is 1. The maximum atomic E-state index is 12.6. The molecule has 118 valence electrons. The summed E-state index contributed by atoms with van der Waals surface area (Å²) in [5.74, 6) is 0.293. The predicted molar refractivity (Wildman–Crippen MR) is 87.7 cm³/mol. The molecule has 0 radical (unpaired) electrons. The van der Waals surface area contributed by atoms with Crippen LogP contribution >= 0.6 is 0 Å². The standard InChI is InChI=1S/C17H22N2O3/c1-4-6-9-18-17(21)14-11-19(5-2)15-8-7-12(22-3)10-13(15)16(14)20/h7-8,10-11H,4-6,9H2,1-3H3,(H,18,21). The van der Waals surface area contributed by atoms with Crippen molar-refractivity contribution < 1.29 is 9.53 Å². The van der Waals surface area contributed by atoms with Gasteiger partial charge in [-0.05, 0) is 31.5 Å². The molecule has 0 unspecified atom stereocenters. The summed E-state index contributed by atoms with van der Waals surface area (Å²) >= 11 is 0. The summed E-state index contributed by atoms with van der Waals surface area (Å²) < 4.78 is 7.09. The monoisotopic (exact) mass is 302 g/mol. The molecule has 1 N–H and O–H groups in total. The van der Waals surface area contributed by atoms with Crippen LogP contribution in [0.4, 0.5) is 0 Å². The van der Waals surface area contributed by atoms with Gasteiger partial charge in [-0.15, -0.1) is 0 Å². The molecule has 0 aliphatic heterocycles. The van der Waals surface area contributed by atoms with E-state index in [4.69, 9.17) is 4.74 Å². The summed E-state index contributed by atoms with van der Waals surface area (Å²) in [6.45, 7) is 5.29. The zero-order valence-corrected chi connectivity index (χ0v) is 13.3. The first-order chi connectivity index (χ1) is 10.6. The second kappa shape index (κ2) is 7.11. The number of nitrogens with one attached hydrogen (secondary N) is 1. The van der Waals surface area contributed by atoms with Crippen molar-refractivity contribution in [3.63, 3.8) is 0 Å². The molecule has 1 aromatic heterocycles. The van der Waals surface area contributed by atoms with Crippen molar-refractivity contribution in [2.45, 2.75) is 33.2 Å². The van der Waals surface area contributed by atoms with E-state index in [-0.39, 0.29) is 16.9 Å². The van der Waals surface area contributed by atoms with E-state index in [1.165, 1.54) is 0 Å². The lowest BCUT2D eigenvalue weighted by molar-refractivity contribution is 0.0951. The summed E-state index contributed by atoms with van der Waals surface area (Å²) in [4.78, 5) is 24.9. The number of carbonyl (C=O) groups is 1. The Kier molecular flexibility index (Phi) is 5.20. The van der Waals surface area contributed by atoms with E-state index in [1.807, 2.05) is 23.6 Å². The lowest BCUT2D eigenvalue weighted by atomic mass is 10.1. The Labute approximate surface area is 129 Å². The van der Waals surface area contributed by atoms with Gasteiger partial charge in [0.25, 0.3) is 5.91 Å². The second-order valence-electron chi connectivity index (χ2n) is 5.15. The molecular weight excluding hydrogens is 280 g/mol. The minimum Gasteiger partial charge on any atom is -0.497 e. The number of rotatable bonds is 6. The number of aromatic nitrogens is 1. The highest BCUT2D eigenvalue weighted by atomic mass is 16.5. The number of pyridine rings is 1. The molecule has 5 heteroatoms. The van der Waals surface area contributed by atoms with E-state index >= 15 is 0 Å². The number of nitrogens with zero attached hydrogens (tertiary/aromatic N) is 1. The average Bonchev–Trinajstić information content (AvgIpc) is 2.55. The third-order valence-electron chi connectivity index (χ3n) is 3.69. The van der Waals surface area contributed by atoms with E-state index in [2.05, 4.69) is 12.2 Å². The number of aryl methyl sites for hydroxylation is 1. The molecule has 5 nitrogen and oxygen atoms in total. The van der Waals surface area contributed by atoms with Gasteiger partial charge in [0.15, 0.2) is 0 Å². The van der Waals surface area contributed by atoms with Crippen LogP contribution in [0.15, 0.2) is 29.2 Å². The molecule has 2 aromatic rings. The highest BCUT2D eigenvalue weighted by Gasteiger charge is 2.15. The largest absolute Gasteiger partial charge is 0.497 e. The fourth-order valence-electron chi connectivity index (χ4n) is 2.40. The minimum absolute atomic E-state index is 0.179. The third-order valence-corrected chi connectivity index (χ3v) is 3.69. The summed E-state index contributed by atoms with van der Waals surface area (Å²) in [7, 11) is 1.56. The van der Waals surface area contributed by atoms with Gasteiger partial charge in [-0.3, -0.25) is 9.59 Å². The highest BCUT2D eigenvalue weighted by Crippen LogP contribution is 2.19. The van der Waals surface area contributed by atoms with Crippen molar-refractivity contribution in [1.29, 1.82) is 0 Å². The summed E-state index contributed by atoms with van der Waals surface area (Å²) in [6.07, 6.45) is 3.53. The highest BCUT2D eigenvalue weighted by molar-refractivity contribution is 5.97. The first-order valence-electron chi connectivity index (χ1n) is 7.61. The number of ether oxygens (including phenoxy) is 1. The Morgan fingerprint density at radius 1 is 1.32 bits per heavy atom. The number of benzene rings is 1. The zero-order chi connectivity index (χ0) is 16.1. The van der Waals surface area contributed by atoms with Crippen LogP contribution in [0.1, 0.15) is 37.0 Å². The number of hydrogen-bond acceptors (Lipinski definition) is 3. The quantitative estimate of drug-likeness (QED) is 0.834. The Balaban J connectivity index is 2.53. The molecular formula is C17H22N2O3. The van der Waals surface area contributed by atoms with Gasteiger partial charge in [-0.2, -0.15) is 0 Å². The molecule has 1 heterocycles. The van der Waals surface area contributed by atoms with Crippen molar-refractivity contribution in [3.8, 4) is 5.75 Å². The Bertz CT molecular complexity index is 734. The van der Waals surface area contributed by atoms with Crippen LogP contribution in [0.25, 0.3) is 10.9 Å². The molecule has 1 aromatic carbocycles. The van der Waals surface area contributed by atoms with Crippen molar-refractivity contribution in [2.75, 3.05) is 13.7 Å². The first kappa shape index (κ1) is 16.1. The van der Waals surface area contributed by atoms with Gasteiger partial charge < -0.3 is 14.6 Å². The molecule has 0 bridgehead atoms. The van der Waals surface area contributed by atoms with Crippen LogP contribution in [-0.4, -0.2) is 24.1 Å². The number of hydrogen-bond donors (Lipinski definition) is 1. The van der Waals surface area contributed by atoms with E-state index in [0.29, 0.717) is 24.2 Å². The van der Waals surface area contributed by atoms with Crippen molar-refractivity contribution >= 4 is 16.8 Å². The molecule has 0 saturated carbocycles. The van der Waals surface area contributed by atoms with E-state index in [9.17, 15) is 9.59 Å². The third kappa shape index (κ3) is 3.13. The second-order valence-corrected chi connectivity index (χ2v) is 5.15. The van der Waals surface area contributed by atoms with Crippen LogP contribution in [0.3, 0.4) is 0 Å². The molecule has 1 amide bonds. The smallest absolute Gasteiger partial charge is 0.256 e. The van der Waals surface area contributed by atoms with Gasteiger partial charge in [-0.1, -0.05) is 13.3 Å². The number of amides is 1. The van der Waals surface area contributed by atoms with Crippen LogP contribution in [0.2, 0.25) is 0 Å². The maximum absolute atomic E-state index is 12.6. The molecule has 22 heavy (non-hydrogen) atoms. The van der Waals surface area contributed by atoms with Gasteiger partial charge in [0.2, 0.25) is 5.43 Å². The summed E-state index contributed by atoms with van der Waals surface area (Å²) in [5, 5.41) is 3.31. The van der Waals surface area contributed by atoms with Crippen molar-refractivity contribution in [3.05, 3.63) is 40.2 Å². The Morgan fingerprint density at radius 3 is 2.73 bits per heavy atom. The number of fused-ring (bicyclic) bond motifs is 1. The average molecular weight is 302 g/mol. The van der Waals surface area contributed by atoms with Crippen LogP contribution in [0.5, 0.6) is 5.75 Å². The first-order valence-corrected chi connectivity index (χ1v) is 7.61. The Hall–Kier alpha value is -2.30. The lowest BCUT2D eigenvalue weighted by Crippen LogP contribution is -2.30. The SMILES string of the molecule is CCCCNC(=O)c1cn(CC)c2ccc(OC)cc2c1=O.